The van der Waals surface area contributed by atoms with E-state index in [9.17, 15) is 4.79 Å². The summed E-state index contributed by atoms with van der Waals surface area (Å²) in [6.07, 6.45) is 0.793. The first-order valence-corrected chi connectivity index (χ1v) is 8.77. The highest BCUT2D eigenvalue weighted by Crippen LogP contribution is 2.20. The number of rotatable bonds is 8. The SMILES string of the molecule is CN(C)CCC(NC(=O)COc1ccc(Cl)cc1)c1ccc(Cl)cc1. The number of nitrogens with zero attached hydrogens (tertiary/aromatic N) is 1. The van der Waals surface area contributed by atoms with E-state index in [1.54, 1.807) is 24.3 Å². The molecule has 0 saturated heterocycles. The predicted octanol–water partition coefficient (Wildman–Crippen LogP) is 4.18. The molecule has 25 heavy (non-hydrogen) atoms. The van der Waals surface area contributed by atoms with Gasteiger partial charge in [-0.15, -0.1) is 0 Å². The molecule has 0 spiro atoms. The van der Waals surface area contributed by atoms with Gasteiger partial charge < -0.3 is 15.0 Å². The molecule has 1 unspecified atom stereocenters. The Balaban J connectivity index is 1.95. The van der Waals surface area contributed by atoms with Crippen LogP contribution in [0.15, 0.2) is 48.5 Å². The van der Waals surface area contributed by atoms with Gasteiger partial charge in [-0.2, -0.15) is 0 Å². The Hall–Kier alpha value is -1.75. The lowest BCUT2D eigenvalue weighted by Gasteiger charge is -2.21. The van der Waals surface area contributed by atoms with Crippen molar-refractivity contribution in [3.8, 4) is 5.75 Å². The van der Waals surface area contributed by atoms with E-state index in [0.717, 1.165) is 18.5 Å². The van der Waals surface area contributed by atoms with Crippen molar-refractivity contribution in [1.29, 1.82) is 0 Å². The molecule has 2 aromatic rings. The van der Waals surface area contributed by atoms with Crippen LogP contribution in [0.3, 0.4) is 0 Å². The third kappa shape index (κ3) is 6.94. The smallest absolute Gasteiger partial charge is 0.258 e. The zero-order valence-electron chi connectivity index (χ0n) is 14.3. The van der Waals surface area contributed by atoms with Crippen LogP contribution in [-0.2, 0) is 4.79 Å². The maximum atomic E-state index is 12.3. The number of halogens is 2. The second-order valence-electron chi connectivity index (χ2n) is 6.01. The van der Waals surface area contributed by atoms with E-state index >= 15 is 0 Å². The molecule has 4 nitrogen and oxygen atoms in total. The number of hydrogen-bond acceptors (Lipinski definition) is 3. The molecule has 0 aliphatic carbocycles. The van der Waals surface area contributed by atoms with Crippen molar-refractivity contribution < 1.29 is 9.53 Å². The van der Waals surface area contributed by atoms with Gasteiger partial charge in [-0.1, -0.05) is 35.3 Å². The first kappa shape index (κ1) is 19.6. The summed E-state index contributed by atoms with van der Waals surface area (Å²) >= 11 is 11.8. The molecular formula is C19H22Cl2N2O2. The minimum Gasteiger partial charge on any atom is -0.484 e. The van der Waals surface area contributed by atoms with Crippen LogP contribution in [0.2, 0.25) is 10.0 Å². The van der Waals surface area contributed by atoms with Crippen molar-refractivity contribution in [1.82, 2.24) is 10.2 Å². The van der Waals surface area contributed by atoms with E-state index < -0.39 is 0 Å². The first-order valence-electron chi connectivity index (χ1n) is 8.02. The van der Waals surface area contributed by atoms with Gasteiger partial charge in [-0.3, -0.25) is 4.79 Å². The van der Waals surface area contributed by atoms with Gasteiger partial charge in [0.2, 0.25) is 0 Å². The molecule has 0 heterocycles. The molecule has 134 valence electrons. The molecule has 1 N–H and O–H groups in total. The fraction of sp³-hybridized carbons (Fsp3) is 0.316. The molecule has 0 radical (unpaired) electrons. The minimum atomic E-state index is -0.173. The lowest BCUT2D eigenvalue weighted by molar-refractivity contribution is -0.123. The molecule has 2 rings (SSSR count). The summed E-state index contributed by atoms with van der Waals surface area (Å²) in [5.41, 5.74) is 1.02. The monoisotopic (exact) mass is 380 g/mol. The molecular weight excluding hydrogens is 359 g/mol. The van der Waals surface area contributed by atoms with Crippen molar-refractivity contribution in [3.63, 3.8) is 0 Å². The molecule has 1 amide bonds. The Morgan fingerprint density at radius 1 is 1.04 bits per heavy atom. The standard InChI is InChI=1S/C19H22Cl2N2O2/c1-23(2)12-11-18(14-3-5-15(20)6-4-14)22-19(24)13-25-17-9-7-16(21)8-10-17/h3-10,18H,11-13H2,1-2H3,(H,22,24). The van der Waals surface area contributed by atoms with Gasteiger partial charge in [0.15, 0.2) is 6.61 Å². The van der Waals surface area contributed by atoms with Gasteiger partial charge in [0.1, 0.15) is 5.75 Å². The van der Waals surface area contributed by atoms with Crippen molar-refractivity contribution in [3.05, 3.63) is 64.1 Å². The number of nitrogens with one attached hydrogen (secondary N) is 1. The Morgan fingerprint density at radius 3 is 2.16 bits per heavy atom. The summed E-state index contributed by atoms with van der Waals surface area (Å²) < 4.78 is 5.50. The molecule has 0 aliphatic rings. The molecule has 0 saturated carbocycles. The number of amides is 1. The van der Waals surface area contributed by atoms with E-state index in [4.69, 9.17) is 27.9 Å². The van der Waals surface area contributed by atoms with Crippen molar-refractivity contribution >= 4 is 29.1 Å². The third-order valence-corrected chi connectivity index (χ3v) is 4.16. The predicted molar refractivity (Wildman–Crippen MR) is 102 cm³/mol. The topological polar surface area (TPSA) is 41.6 Å². The van der Waals surface area contributed by atoms with E-state index in [1.165, 1.54) is 0 Å². The minimum absolute atomic E-state index is 0.0479. The van der Waals surface area contributed by atoms with Crippen LogP contribution in [0, 0.1) is 0 Å². The highest BCUT2D eigenvalue weighted by Gasteiger charge is 2.15. The summed E-state index contributed by atoms with van der Waals surface area (Å²) in [5, 5.41) is 4.33. The first-order chi connectivity index (χ1) is 11.9. The van der Waals surface area contributed by atoms with E-state index in [0.29, 0.717) is 15.8 Å². The zero-order chi connectivity index (χ0) is 18.2. The average molecular weight is 381 g/mol. The van der Waals surface area contributed by atoms with Gasteiger partial charge in [0.25, 0.3) is 5.91 Å². The maximum absolute atomic E-state index is 12.3. The van der Waals surface area contributed by atoms with Crippen LogP contribution < -0.4 is 10.1 Å². The Kier molecular flexibility index (Phi) is 7.56. The van der Waals surface area contributed by atoms with Crippen LogP contribution in [-0.4, -0.2) is 38.1 Å². The van der Waals surface area contributed by atoms with Gasteiger partial charge >= 0.3 is 0 Å². The second-order valence-corrected chi connectivity index (χ2v) is 6.88. The Labute approximate surface area is 158 Å². The number of ether oxygens (including phenoxy) is 1. The Morgan fingerprint density at radius 2 is 1.60 bits per heavy atom. The summed E-state index contributed by atoms with van der Waals surface area (Å²) in [4.78, 5) is 14.4. The maximum Gasteiger partial charge on any atom is 0.258 e. The fourth-order valence-electron chi connectivity index (χ4n) is 2.32. The van der Waals surface area contributed by atoms with Crippen molar-refractivity contribution in [2.45, 2.75) is 12.5 Å². The largest absolute Gasteiger partial charge is 0.484 e. The zero-order valence-corrected chi connectivity index (χ0v) is 15.8. The van der Waals surface area contributed by atoms with Gasteiger partial charge in [-0.05, 0) is 69.0 Å². The molecule has 1 atom stereocenters. The summed E-state index contributed by atoms with van der Waals surface area (Å²) in [5.74, 6) is 0.435. The molecule has 0 fully saturated rings. The third-order valence-electron chi connectivity index (χ3n) is 3.66. The van der Waals surface area contributed by atoms with Crippen molar-refractivity contribution in [2.75, 3.05) is 27.2 Å². The van der Waals surface area contributed by atoms with Crippen molar-refractivity contribution in [2.24, 2.45) is 0 Å². The van der Waals surface area contributed by atoms with Crippen LogP contribution in [0.1, 0.15) is 18.0 Å². The number of hydrogen-bond donors (Lipinski definition) is 1. The lowest BCUT2D eigenvalue weighted by Crippen LogP contribution is -2.34. The second kappa shape index (κ2) is 9.66. The Bertz CT molecular complexity index is 673. The summed E-state index contributed by atoms with van der Waals surface area (Å²) in [6.45, 7) is 0.805. The van der Waals surface area contributed by atoms with E-state index in [2.05, 4.69) is 10.2 Å². The highest BCUT2D eigenvalue weighted by molar-refractivity contribution is 6.30. The van der Waals surface area contributed by atoms with Crippen LogP contribution in [0.5, 0.6) is 5.75 Å². The number of carbonyl (C=O) groups is 1. The van der Waals surface area contributed by atoms with Gasteiger partial charge in [-0.25, -0.2) is 0 Å². The van der Waals surface area contributed by atoms with Gasteiger partial charge in [0, 0.05) is 10.0 Å². The highest BCUT2D eigenvalue weighted by atomic mass is 35.5. The molecule has 6 heteroatoms. The van der Waals surface area contributed by atoms with E-state index in [1.807, 2.05) is 38.4 Å². The summed E-state index contributed by atoms with van der Waals surface area (Å²) in [6, 6.07) is 14.3. The van der Waals surface area contributed by atoms with Crippen LogP contribution in [0.25, 0.3) is 0 Å². The number of carbonyl (C=O) groups excluding carboxylic acids is 1. The fourth-order valence-corrected chi connectivity index (χ4v) is 2.57. The average Bonchev–Trinajstić information content (AvgIpc) is 2.59. The molecule has 0 bridgehead atoms. The molecule has 2 aromatic carbocycles. The van der Waals surface area contributed by atoms with Crippen LogP contribution in [0.4, 0.5) is 0 Å². The lowest BCUT2D eigenvalue weighted by atomic mass is 10.0. The van der Waals surface area contributed by atoms with E-state index in [-0.39, 0.29) is 18.6 Å². The van der Waals surface area contributed by atoms with Crippen LogP contribution >= 0.6 is 23.2 Å². The van der Waals surface area contributed by atoms with Gasteiger partial charge in [0.05, 0.1) is 6.04 Å². The molecule has 0 aliphatic heterocycles. The number of benzene rings is 2. The normalized spacial score (nSPS) is 12.0. The quantitative estimate of drug-likeness (QED) is 0.746. The summed E-state index contributed by atoms with van der Waals surface area (Å²) in [7, 11) is 4.01. The molecule has 0 aromatic heterocycles.